The third-order valence-electron chi connectivity index (χ3n) is 4.09. The highest BCUT2D eigenvalue weighted by molar-refractivity contribution is 8.13. The van der Waals surface area contributed by atoms with Crippen molar-refractivity contribution in [3.8, 4) is 0 Å². The molecule has 0 atom stereocenters. The summed E-state index contributed by atoms with van der Waals surface area (Å²) >= 11 is 1.19. The van der Waals surface area contributed by atoms with Gasteiger partial charge < -0.3 is 26.7 Å². The maximum Gasteiger partial charge on any atom is 0.307 e. The molecule has 0 radical (unpaired) electrons. The zero-order valence-electron chi connectivity index (χ0n) is 18.6. The van der Waals surface area contributed by atoms with Crippen molar-refractivity contribution in [1.29, 1.82) is 5.41 Å². The number of primary amides is 1. The van der Waals surface area contributed by atoms with Gasteiger partial charge in [-0.25, -0.2) is 0 Å². The van der Waals surface area contributed by atoms with E-state index in [2.05, 4.69) is 22.1 Å². The number of nitrogens with zero attached hydrogens (tertiary/aromatic N) is 1. The van der Waals surface area contributed by atoms with E-state index in [1.165, 1.54) is 18.9 Å². The number of thioether (sulfide) groups is 1. The molecule has 1 rings (SSSR count). The molecule has 0 aromatic heterocycles. The molecular formula is C21H33N5O5S. The van der Waals surface area contributed by atoms with Gasteiger partial charge in [0.05, 0.1) is 19.2 Å². The van der Waals surface area contributed by atoms with Crippen LogP contribution in [0.25, 0.3) is 0 Å². The predicted molar refractivity (Wildman–Crippen MR) is 126 cm³/mol. The fourth-order valence-electron chi connectivity index (χ4n) is 2.32. The van der Waals surface area contributed by atoms with Crippen molar-refractivity contribution < 1.29 is 24.3 Å². The average Bonchev–Trinajstić information content (AvgIpc) is 2.77. The first-order valence-electron chi connectivity index (χ1n) is 10.2. The Hall–Kier alpha value is -3.08. The zero-order valence-corrected chi connectivity index (χ0v) is 19.4. The molecule has 0 bridgehead atoms. The summed E-state index contributed by atoms with van der Waals surface area (Å²) in [5.74, 6) is 0.279. The van der Waals surface area contributed by atoms with E-state index < -0.39 is 0 Å². The van der Waals surface area contributed by atoms with Crippen LogP contribution in [-0.4, -0.2) is 53.3 Å². The molecule has 10 nitrogen and oxygen atoms in total. The Balaban J connectivity index is 0.00000102. The number of carbonyl (C=O) groups excluding carboxylic acids is 3. The summed E-state index contributed by atoms with van der Waals surface area (Å²) in [5, 5.41) is 22.1. The molecule has 0 saturated heterocycles. The molecule has 0 fully saturated rings. The Morgan fingerprint density at radius 2 is 1.72 bits per heavy atom. The van der Waals surface area contributed by atoms with Crippen molar-refractivity contribution in [2.75, 3.05) is 19.4 Å². The number of ether oxygens (including phenoxy) is 1. The van der Waals surface area contributed by atoms with Gasteiger partial charge in [0, 0.05) is 24.3 Å². The number of amidine groups is 1. The van der Waals surface area contributed by atoms with Crippen molar-refractivity contribution in [1.82, 2.24) is 5.32 Å². The second kappa shape index (κ2) is 17.6. The van der Waals surface area contributed by atoms with E-state index in [4.69, 9.17) is 22.1 Å². The van der Waals surface area contributed by atoms with Gasteiger partial charge >= 0.3 is 5.97 Å². The smallest absolute Gasteiger partial charge is 0.307 e. The maximum absolute atomic E-state index is 11.6. The number of carbonyl (C=O) groups is 3. The second-order valence-corrected chi connectivity index (χ2v) is 7.69. The van der Waals surface area contributed by atoms with Crippen molar-refractivity contribution in [2.45, 2.75) is 45.4 Å². The third-order valence-corrected chi connectivity index (χ3v) is 4.87. The first-order chi connectivity index (χ1) is 15.2. The van der Waals surface area contributed by atoms with Crippen LogP contribution in [0.15, 0.2) is 29.4 Å². The van der Waals surface area contributed by atoms with Gasteiger partial charge in [-0.2, -0.15) is 0 Å². The first-order valence-corrected chi connectivity index (χ1v) is 11.1. The van der Waals surface area contributed by atoms with Gasteiger partial charge in [-0.1, -0.05) is 54.5 Å². The molecule has 0 spiro atoms. The number of hydrogen-bond donors (Lipinski definition) is 5. The number of esters is 1. The number of nitrogens with one attached hydrogen (secondary N) is 2. The standard InChI is InChI=1S/C16H22N4O4.C5H11NOS/c1-24-15(22)9-10-19-14(21)4-2-3-13(20-23)11-5-7-12(8-6-11)16(17)18;1-2-3-4-8-5(6)7/h5-8,23H,2-4,9-10H2,1H3,(H3,17,18)(H,19,21);2-4H2,1H3,(H2,6,7)/b20-13+;. The quantitative estimate of drug-likeness (QED) is 0.0781. The Morgan fingerprint density at radius 3 is 2.22 bits per heavy atom. The van der Waals surface area contributed by atoms with Gasteiger partial charge in [0.1, 0.15) is 5.84 Å². The Bertz CT molecular complexity index is 768. The van der Waals surface area contributed by atoms with E-state index in [1.807, 2.05) is 0 Å². The molecule has 0 unspecified atom stereocenters. The largest absolute Gasteiger partial charge is 0.469 e. The summed E-state index contributed by atoms with van der Waals surface area (Å²) in [5.41, 5.74) is 12.0. The number of amides is 2. The lowest BCUT2D eigenvalue weighted by molar-refractivity contribution is -0.140. The van der Waals surface area contributed by atoms with Crippen molar-refractivity contribution in [3.05, 3.63) is 35.4 Å². The Kier molecular flexibility index (Phi) is 15.9. The molecule has 1 aromatic rings. The summed E-state index contributed by atoms with van der Waals surface area (Å²) in [4.78, 5) is 32.6. The second-order valence-electron chi connectivity index (χ2n) is 6.59. The summed E-state index contributed by atoms with van der Waals surface area (Å²) in [6.45, 7) is 2.32. The highest BCUT2D eigenvalue weighted by Gasteiger charge is 2.08. The van der Waals surface area contributed by atoms with E-state index in [0.29, 0.717) is 29.7 Å². The summed E-state index contributed by atoms with van der Waals surface area (Å²) in [7, 11) is 1.29. The molecule has 0 heterocycles. The molecule has 0 aliphatic carbocycles. The molecule has 1 aromatic carbocycles. The zero-order chi connectivity index (χ0) is 24.4. The van der Waals surface area contributed by atoms with Crippen molar-refractivity contribution >= 4 is 40.4 Å². The van der Waals surface area contributed by atoms with Gasteiger partial charge in [0.2, 0.25) is 5.91 Å². The molecule has 7 N–H and O–H groups in total. The Labute approximate surface area is 192 Å². The molecule has 2 amide bonds. The van der Waals surface area contributed by atoms with Crippen LogP contribution in [0.5, 0.6) is 0 Å². The number of methoxy groups -OCH3 is 1. The molecule has 0 aliphatic heterocycles. The predicted octanol–water partition coefficient (Wildman–Crippen LogP) is 2.60. The number of nitrogens with two attached hydrogens (primary N) is 2. The van der Waals surface area contributed by atoms with Gasteiger partial charge in [-0.15, -0.1) is 0 Å². The topological polar surface area (TPSA) is 181 Å². The lowest BCUT2D eigenvalue weighted by Crippen LogP contribution is -2.26. The lowest BCUT2D eigenvalue weighted by atomic mass is 10.0. The minimum atomic E-state index is -0.376. The summed E-state index contributed by atoms with van der Waals surface area (Å²) in [6, 6.07) is 6.76. The monoisotopic (exact) mass is 467 g/mol. The van der Waals surface area contributed by atoms with Gasteiger partial charge in [0.25, 0.3) is 5.24 Å². The van der Waals surface area contributed by atoms with E-state index >= 15 is 0 Å². The SMILES string of the molecule is CCCCSC(N)=O.COC(=O)CCNC(=O)CCC/C(=N\O)c1ccc(C(=N)N)cc1. The molecule has 0 saturated carbocycles. The Morgan fingerprint density at radius 1 is 1.09 bits per heavy atom. The van der Waals surface area contributed by atoms with Gasteiger partial charge in [-0.3, -0.25) is 19.8 Å². The normalized spacial score (nSPS) is 10.5. The number of benzene rings is 1. The summed E-state index contributed by atoms with van der Waals surface area (Å²) in [6.07, 6.45) is 3.51. The van der Waals surface area contributed by atoms with Gasteiger partial charge in [-0.05, 0) is 24.8 Å². The van der Waals surface area contributed by atoms with E-state index in [0.717, 1.165) is 18.6 Å². The number of rotatable bonds is 12. The summed E-state index contributed by atoms with van der Waals surface area (Å²) < 4.78 is 4.48. The maximum atomic E-state index is 11.6. The lowest BCUT2D eigenvalue weighted by Gasteiger charge is -2.07. The molecular weight excluding hydrogens is 434 g/mol. The average molecular weight is 468 g/mol. The number of nitrogen functional groups attached to an aromatic ring is 1. The van der Waals surface area contributed by atoms with Crippen LogP contribution in [-0.2, 0) is 14.3 Å². The van der Waals surface area contributed by atoms with Crippen LogP contribution in [0.1, 0.15) is 56.6 Å². The molecule has 11 heteroatoms. The number of oxime groups is 1. The van der Waals surface area contributed by atoms with Crippen LogP contribution in [0.3, 0.4) is 0 Å². The van der Waals surface area contributed by atoms with E-state index in [-0.39, 0.29) is 42.3 Å². The minimum Gasteiger partial charge on any atom is -0.469 e. The number of hydrogen-bond acceptors (Lipinski definition) is 8. The van der Waals surface area contributed by atoms with E-state index in [1.54, 1.807) is 24.3 Å². The van der Waals surface area contributed by atoms with Crippen molar-refractivity contribution in [3.63, 3.8) is 0 Å². The fourth-order valence-corrected chi connectivity index (χ4v) is 2.96. The minimum absolute atomic E-state index is 0.0346. The van der Waals surface area contributed by atoms with Gasteiger partial charge in [0.15, 0.2) is 0 Å². The molecule has 178 valence electrons. The molecule has 32 heavy (non-hydrogen) atoms. The van der Waals surface area contributed by atoms with Crippen molar-refractivity contribution in [2.24, 2.45) is 16.6 Å². The highest BCUT2D eigenvalue weighted by Crippen LogP contribution is 2.10. The molecule has 0 aliphatic rings. The van der Waals surface area contributed by atoms with Crippen LogP contribution in [0.4, 0.5) is 4.79 Å². The highest BCUT2D eigenvalue weighted by atomic mass is 32.2. The van der Waals surface area contributed by atoms with Crippen LogP contribution < -0.4 is 16.8 Å². The first kappa shape index (κ1) is 28.9. The fraction of sp³-hybridized carbons (Fsp3) is 0.476. The third kappa shape index (κ3) is 14.0. The van der Waals surface area contributed by atoms with Crippen LogP contribution in [0, 0.1) is 5.41 Å². The van der Waals surface area contributed by atoms with Crippen LogP contribution >= 0.6 is 11.8 Å². The van der Waals surface area contributed by atoms with Crippen LogP contribution in [0.2, 0.25) is 0 Å². The van der Waals surface area contributed by atoms with E-state index in [9.17, 15) is 14.4 Å². The number of unbranched alkanes of at least 4 members (excludes halogenated alkanes) is 1.